The van der Waals surface area contributed by atoms with Crippen molar-refractivity contribution in [2.45, 2.75) is 24.3 Å². The summed E-state index contributed by atoms with van der Waals surface area (Å²) in [6.45, 7) is 1.66. The number of halogens is 2. The standard InChI is InChI=1S/C19H21F2N5S/c20-12-3-4-14(15(21)8-12)19-26(11-18(23)27-19)17-9-24-6-5-16(17)25-7-1-2-13(22)10-25/h3-6,8-9,11,13,19H,1-2,7,10,22-23H2/t13?,19-/m0/s1. The number of hydrogen-bond acceptors (Lipinski definition) is 6. The number of aromatic nitrogens is 1. The average molecular weight is 389 g/mol. The minimum absolute atomic E-state index is 0.124. The lowest BCUT2D eigenvalue weighted by molar-refractivity contribution is 0.506. The van der Waals surface area contributed by atoms with Crippen LogP contribution in [0.5, 0.6) is 0 Å². The quantitative estimate of drug-likeness (QED) is 0.839. The van der Waals surface area contributed by atoms with Crippen molar-refractivity contribution in [3.05, 3.63) is 65.1 Å². The number of nitrogens with two attached hydrogens (primary N) is 2. The van der Waals surface area contributed by atoms with Crippen molar-refractivity contribution in [1.29, 1.82) is 0 Å². The first-order valence-electron chi connectivity index (χ1n) is 8.84. The molecular formula is C19H21F2N5S. The van der Waals surface area contributed by atoms with Gasteiger partial charge >= 0.3 is 0 Å². The highest BCUT2D eigenvalue weighted by molar-refractivity contribution is 8.03. The minimum atomic E-state index is -0.601. The Morgan fingerprint density at radius 3 is 2.81 bits per heavy atom. The third-order valence-electron chi connectivity index (χ3n) is 4.85. The summed E-state index contributed by atoms with van der Waals surface area (Å²) in [6, 6.07) is 5.70. The number of thioether (sulfide) groups is 1. The lowest BCUT2D eigenvalue weighted by atomic mass is 10.1. The Labute approximate surface area is 161 Å². The van der Waals surface area contributed by atoms with Crippen LogP contribution in [0.2, 0.25) is 0 Å². The Hall–Kier alpha value is -2.32. The summed E-state index contributed by atoms with van der Waals surface area (Å²) in [5.74, 6) is -1.19. The van der Waals surface area contributed by atoms with E-state index in [-0.39, 0.29) is 6.04 Å². The Morgan fingerprint density at radius 1 is 1.19 bits per heavy atom. The normalized spacial score (nSPS) is 22.9. The van der Waals surface area contributed by atoms with E-state index in [1.54, 1.807) is 18.6 Å². The van der Waals surface area contributed by atoms with Gasteiger partial charge in [0.2, 0.25) is 0 Å². The second kappa shape index (κ2) is 7.36. The first-order chi connectivity index (χ1) is 13.0. The summed E-state index contributed by atoms with van der Waals surface area (Å²) >= 11 is 1.33. The molecule has 2 aliphatic rings. The van der Waals surface area contributed by atoms with Crippen molar-refractivity contribution in [3.8, 4) is 0 Å². The van der Waals surface area contributed by atoms with Crippen LogP contribution in [0.3, 0.4) is 0 Å². The zero-order chi connectivity index (χ0) is 19.0. The van der Waals surface area contributed by atoms with Crippen molar-refractivity contribution in [3.63, 3.8) is 0 Å². The van der Waals surface area contributed by atoms with Gasteiger partial charge < -0.3 is 21.3 Å². The predicted octanol–water partition coefficient (Wildman–Crippen LogP) is 3.30. The van der Waals surface area contributed by atoms with Crippen LogP contribution in [-0.2, 0) is 0 Å². The van der Waals surface area contributed by atoms with E-state index in [2.05, 4.69) is 9.88 Å². The van der Waals surface area contributed by atoms with Crippen LogP contribution in [0.15, 0.2) is 47.9 Å². The van der Waals surface area contributed by atoms with E-state index in [0.29, 0.717) is 10.6 Å². The molecular weight excluding hydrogens is 368 g/mol. The second-order valence-electron chi connectivity index (χ2n) is 6.79. The minimum Gasteiger partial charge on any atom is -0.392 e. The molecule has 0 amide bonds. The third-order valence-corrected chi connectivity index (χ3v) is 5.93. The van der Waals surface area contributed by atoms with Gasteiger partial charge in [-0.05, 0) is 25.0 Å². The van der Waals surface area contributed by atoms with Crippen LogP contribution in [-0.4, -0.2) is 24.1 Å². The fraction of sp³-hybridized carbons (Fsp3) is 0.316. The topological polar surface area (TPSA) is 71.4 Å². The number of rotatable bonds is 3. The van der Waals surface area contributed by atoms with Crippen molar-refractivity contribution in [2.75, 3.05) is 22.9 Å². The van der Waals surface area contributed by atoms with E-state index in [1.807, 2.05) is 11.0 Å². The lowest BCUT2D eigenvalue weighted by Gasteiger charge is -2.36. The van der Waals surface area contributed by atoms with Crippen LogP contribution in [0.25, 0.3) is 0 Å². The molecule has 0 bridgehead atoms. The van der Waals surface area contributed by atoms with E-state index in [0.717, 1.165) is 43.4 Å². The molecule has 0 aliphatic carbocycles. The average Bonchev–Trinajstić information content (AvgIpc) is 3.03. The molecule has 2 atom stereocenters. The number of anilines is 2. The highest BCUT2D eigenvalue weighted by Crippen LogP contribution is 2.47. The zero-order valence-corrected chi connectivity index (χ0v) is 15.5. The first-order valence-corrected chi connectivity index (χ1v) is 9.72. The molecule has 0 spiro atoms. The van der Waals surface area contributed by atoms with Crippen molar-refractivity contribution in [2.24, 2.45) is 11.5 Å². The Balaban J connectivity index is 1.73. The van der Waals surface area contributed by atoms with Gasteiger partial charge in [0.1, 0.15) is 17.0 Å². The molecule has 2 aliphatic heterocycles. The van der Waals surface area contributed by atoms with Gasteiger partial charge in [-0.1, -0.05) is 17.8 Å². The molecule has 5 nitrogen and oxygen atoms in total. The smallest absolute Gasteiger partial charge is 0.132 e. The number of piperidine rings is 1. The summed E-state index contributed by atoms with van der Waals surface area (Å²) in [5, 5.41) is 0.140. The molecule has 27 heavy (non-hydrogen) atoms. The van der Waals surface area contributed by atoms with Gasteiger partial charge in [0.05, 0.1) is 22.6 Å². The van der Waals surface area contributed by atoms with Gasteiger partial charge in [0.25, 0.3) is 0 Å². The molecule has 0 radical (unpaired) electrons. The van der Waals surface area contributed by atoms with Gasteiger partial charge in [-0.3, -0.25) is 4.98 Å². The summed E-state index contributed by atoms with van der Waals surface area (Å²) < 4.78 is 27.8. The highest BCUT2D eigenvalue weighted by atomic mass is 32.2. The van der Waals surface area contributed by atoms with Crippen LogP contribution >= 0.6 is 11.8 Å². The molecule has 1 aromatic carbocycles. The number of hydrogen-bond donors (Lipinski definition) is 2. The van der Waals surface area contributed by atoms with Gasteiger partial charge in [0.15, 0.2) is 0 Å². The van der Waals surface area contributed by atoms with E-state index >= 15 is 0 Å². The molecule has 2 aromatic rings. The molecule has 1 unspecified atom stereocenters. The summed E-state index contributed by atoms with van der Waals surface area (Å²) in [4.78, 5) is 8.39. The molecule has 1 saturated heterocycles. The lowest BCUT2D eigenvalue weighted by Crippen LogP contribution is -2.43. The van der Waals surface area contributed by atoms with Crippen molar-refractivity contribution in [1.82, 2.24) is 4.98 Å². The summed E-state index contributed by atoms with van der Waals surface area (Å²) in [7, 11) is 0. The number of benzene rings is 1. The maximum atomic E-state index is 14.4. The van der Waals surface area contributed by atoms with Gasteiger partial charge in [-0.25, -0.2) is 8.78 Å². The first kappa shape index (κ1) is 18.1. The van der Waals surface area contributed by atoms with Crippen LogP contribution in [0.4, 0.5) is 20.2 Å². The molecule has 8 heteroatoms. The third kappa shape index (κ3) is 3.59. The number of pyridine rings is 1. The second-order valence-corrected chi connectivity index (χ2v) is 7.94. The van der Waals surface area contributed by atoms with Gasteiger partial charge in [0, 0.05) is 43.2 Å². The van der Waals surface area contributed by atoms with E-state index in [4.69, 9.17) is 11.5 Å². The molecule has 3 heterocycles. The zero-order valence-electron chi connectivity index (χ0n) is 14.7. The molecule has 4 rings (SSSR count). The Bertz CT molecular complexity index is 875. The van der Waals surface area contributed by atoms with Crippen LogP contribution in [0.1, 0.15) is 23.8 Å². The molecule has 4 N–H and O–H groups in total. The van der Waals surface area contributed by atoms with Gasteiger partial charge in [-0.2, -0.15) is 0 Å². The summed E-state index contributed by atoms with van der Waals surface area (Å²) in [6.07, 6.45) is 7.29. The van der Waals surface area contributed by atoms with Crippen molar-refractivity contribution >= 4 is 23.1 Å². The fourth-order valence-corrected chi connectivity index (χ4v) is 4.64. The fourth-order valence-electron chi connectivity index (χ4n) is 3.61. The van der Waals surface area contributed by atoms with E-state index < -0.39 is 17.0 Å². The van der Waals surface area contributed by atoms with E-state index in [9.17, 15) is 8.78 Å². The highest BCUT2D eigenvalue weighted by Gasteiger charge is 2.32. The maximum Gasteiger partial charge on any atom is 0.132 e. The van der Waals surface area contributed by atoms with Crippen LogP contribution in [0, 0.1) is 11.6 Å². The summed E-state index contributed by atoms with van der Waals surface area (Å²) in [5.41, 5.74) is 14.4. The van der Waals surface area contributed by atoms with E-state index in [1.165, 1.54) is 23.9 Å². The maximum absolute atomic E-state index is 14.4. The Morgan fingerprint density at radius 2 is 2.04 bits per heavy atom. The molecule has 1 aromatic heterocycles. The predicted molar refractivity (Wildman–Crippen MR) is 105 cm³/mol. The molecule has 142 valence electrons. The number of nitrogens with zero attached hydrogens (tertiary/aromatic N) is 3. The molecule has 0 saturated carbocycles. The molecule has 1 fully saturated rings. The SMILES string of the molecule is NC1=CN(c2cnccc2N2CCCC(N)C2)[C@H](c2ccc(F)cc2F)S1. The monoisotopic (exact) mass is 389 g/mol. The largest absolute Gasteiger partial charge is 0.392 e. The Kier molecular flexibility index (Phi) is 4.92. The van der Waals surface area contributed by atoms with Crippen molar-refractivity contribution < 1.29 is 8.78 Å². The van der Waals surface area contributed by atoms with Gasteiger partial charge in [-0.15, -0.1) is 0 Å². The van der Waals surface area contributed by atoms with Crippen LogP contribution < -0.4 is 21.3 Å².